The second-order valence-corrected chi connectivity index (χ2v) is 3.27. The predicted octanol–water partition coefficient (Wildman–Crippen LogP) is 2.65. The molecule has 0 aliphatic rings. The van der Waals surface area contributed by atoms with Crippen LogP contribution >= 0.6 is 34.2 Å². The average Bonchev–Trinajstić information content (AvgIpc) is 1.80. The predicted molar refractivity (Wildman–Crippen MR) is 46.7 cm³/mol. The van der Waals surface area contributed by atoms with E-state index >= 15 is 0 Å². The van der Waals surface area contributed by atoms with Crippen LogP contribution in [0.4, 0.5) is 0 Å². The van der Waals surface area contributed by atoms with Crippen LogP contribution in [0, 0.1) is 10.6 Å². The van der Waals surface area contributed by atoms with Crippen LogP contribution in [0.25, 0.3) is 0 Å². The lowest BCUT2D eigenvalue weighted by Gasteiger charge is -1.94. The summed E-state index contributed by atoms with van der Waals surface area (Å²) in [6.45, 7) is 1.96. The third-order valence-corrected chi connectivity index (χ3v) is 2.00. The van der Waals surface area contributed by atoms with E-state index in [1.54, 1.807) is 6.20 Å². The first kappa shape index (κ1) is 7.28. The van der Waals surface area contributed by atoms with Crippen molar-refractivity contribution in [3.63, 3.8) is 0 Å². The van der Waals surface area contributed by atoms with Gasteiger partial charge in [-0.2, -0.15) is 0 Å². The third kappa shape index (κ3) is 1.79. The summed E-state index contributed by atoms with van der Waals surface area (Å²) >= 11 is 7.87. The first-order valence-electron chi connectivity index (χ1n) is 2.48. The van der Waals surface area contributed by atoms with Gasteiger partial charge in [0.1, 0.15) is 3.70 Å². The summed E-state index contributed by atoms with van der Waals surface area (Å²) in [6.07, 6.45) is 1.67. The zero-order valence-corrected chi connectivity index (χ0v) is 7.77. The van der Waals surface area contributed by atoms with Gasteiger partial charge in [-0.25, -0.2) is 4.98 Å². The molecule has 0 radical (unpaired) electrons. The number of hydrogen-bond donors (Lipinski definition) is 0. The Labute approximate surface area is 72.6 Å². The summed E-state index contributed by atoms with van der Waals surface area (Å²) in [6, 6.07) is 1.95. The molecule has 0 aliphatic carbocycles. The number of halogens is 2. The Morgan fingerprint density at radius 1 is 1.67 bits per heavy atom. The molecule has 0 saturated carbocycles. The molecule has 9 heavy (non-hydrogen) atoms. The second-order valence-electron chi connectivity index (χ2n) is 1.76. The molecule has 0 aromatic carbocycles. The van der Waals surface area contributed by atoms with Crippen molar-refractivity contribution >= 4 is 34.2 Å². The molecule has 1 nitrogen and oxygen atoms in total. The molecule has 0 amide bonds. The van der Waals surface area contributed by atoms with Gasteiger partial charge in [-0.15, -0.1) is 0 Å². The monoisotopic (exact) mass is 253 g/mol. The molecule has 1 aromatic rings. The van der Waals surface area contributed by atoms with E-state index in [1.165, 1.54) is 0 Å². The minimum Gasteiger partial charge on any atom is -0.249 e. The van der Waals surface area contributed by atoms with E-state index in [9.17, 15) is 0 Å². The fourth-order valence-corrected chi connectivity index (χ4v) is 1.21. The Bertz CT molecular complexity index is 224. The molecule has 1 heterocycles. The van der Waals surface area contributed by atoms with Crippen molar-refractivity contribution in [2.75, 3.05) is 0 Å². The lowest BCUT2D eigenvalue weighted by molar-refractivity contribution is 1.24. The maximum Gasteiger partial charge on any atom is 0.101 e. The average molecular weight is 253 g/mol. The summed E-state index contributed by atoms with van der Waals surface area (Å²) in [4.78, 5) is 3.99. The van der Waals surface area contributed by atoms with Crippen LogP contribution in [0.15, 0.2) is 12.3 Å². The number of rotatable bonds is 0. The quantitative estimate of drug-likeness (QED) is 0.512. The van der Waals surface area contributed by atoms with Gasteiger partial charge in [0.25, 0.3) is 0 Å². The van der Waals surface area contributed by atoms with Gasteiger partial charge in [0.05, 0.1) is 5.02 Å². The van der Waals surface area contributed by atoms with Crippen molar-refractivity contribution in [1.29, 1.82) is 0 Å². The molecule has 0 unspecified atom stereocenters. The van der Waals surface area contributed by atoms with Crippen molar-refractivity contribution in [2.24, 2.45) is 0 Å². The van der Waals surface area contributed by atoms with Crippen LogP contribution < -0.4 is 0 Å². The van der Waals surface area contributed by atoms with Crippen molar-refractivity contribution in [2.45, 2.75) is 6.92 Å². The van der Waals surface area contributed by atoms with E-state index in [-0.39, 0.29) is 0 Å². The van der Waals surface area contributed by atoms with E-state index in [0.717, 1.165) is 14.3 Å². The Morgan fingerprint density at radius 2 is 2.33 bits per heavy atom. The zero-order chi connectivity index (χ0) is 6.85. The molecule has 0 saturated heterocycles. The molecule has 0 N–H and O–H groups in total. The molecular formula is C6H5ClIN. The van der Waals surface area contributed by atoms with Gasteiger partial charge >= 0.3 is 0 Å². The minimum atomic E-state index is 0.732. The van der Waals surface area contributed by atoms with Crippen LogP contribution in [0.2, 0.25) is 5.02 Å². The molecule has 0 fully saturated rings. The van der Waals surface area contributed by atoms with Gasteiger partial charge in [0.15, 0.2) is 0 Å². The van der Waals surface area contributed by atoms with Gasteiger partial charge in [0.2, 0.25) is 0 Å². The second kappa shape index (κ2) is 2.84. The SMILES string of the molecule is Cc1cc(I)ncc1Cl. The standard InChI is InChI=1S/C6H5ClIN/c1-4-2-6(8)9-3-5(4)7/h2-3H,1H3. The maximum absolute atomic E-state index is 5.71. The van der Waals surface area contributed by atoms with Crippen LogP contribution in [0.3, 0.4) is 0 Å². The molecular weight excluding hydrogens is 248 g/mol. The summed E-state index contributed by atoms with van der Waals surface area (Å²) in [5.74, 6) is 0. The first-order chi connectivity index (χ1) is 4.20. The first-order valence-corrected chi connectivity index (χ1v) is 3.93. The van der Waals surface area contributed by atoms with E-state index in [1.807, 2.05) is 13.0 Å². The highest BCUT2D eigenvalue weighted by Crippen LogP contribution is 2.14. The zero-order valence-electron chi connectivity index (χ0n) is 4.86. The van der Waals surface area contributed by atoms with Gasteiger partial charge in [0, 0.05) is 6.20 Å². The van der Waals surface area contributed by atoms with E-state index in [4.69, 9.17) is 11.6 Å². The number of pyridine rings is 1. The molecule has 1 rings (SSSR count). The van der Waals surface area contributed by atoms with Crippen molar-refractivity contribution in [3.05, 3.63) is 26.5 Å². The van der Waals surface area contributed by atoms with Gasteiger partial charge in [-0.3, -0.25) is 0 Å². The van der Waals surface area contributed by atoms with Gasteiger partial charge in [-0.1, -0.05) is 11.6 Å². The lowest BCUT2D eigenvalue weighted by Crippen LogP contribution is -1.81. The Kier molecular flexibility index (Phi) is 2.29. The van der Waals surface area contributed by atoms with Crippen LogP contribution in [-0.2, 0) is 0 Å². The Morgan fingerprint density at radius 3 is 2.78 bits per heavy atom. The van der Waals surface area contributed by atoms with Gasteiger partial charge in [-0.05, 0) is 41.1 Å². The molecule has 1 aromatic heterocycles. The van der Waals surface area contributed by atoms with Crippen LogP contribution in [0.1, 0.15) is 5.56 Å². The summed E-state index contributed by atoms with van der Waals surface area (Å²) in [5.41, 5.74) is 1.08. The Hall–Kier alpha value is 0.170. The third-order valence-electron chi connectivity index (χ3n) is 1.01. The van der Waals surface area contributed by atoms with Crippen LogP contribution in [0.5, 0.6) is 0 Å². The summed E-state index contributed by atoms with van der Waals surface area (Å²) < 4.78 is 0.981. The van der Waals surface area contributed by atoms with E-state index < -0.39 is 0 Å². The summed E-state index contributed by atoms with van der Waals surface area (Å²) in [5, 5.41) is 0.732. The van der Waals surface area contributed by atoms with E-state index in [0.29, 0.717) is 0 Å². The van der Waals surface area contributed by atoms with Gasteiger partial charge < -0.3 is 0 Å². The number of hydrogen-bond acceptors (Lipinski definition) is 1. The topological polar surface area (TPSA) is 12.9 Å². The summed E-state index contributed by atoms with van der Waals surface area (Å²) in [7, 11) is 0. The highest BCUT2D eigenvalue weighted by molar-refractivity contribution is 14.1. The van der Waals surface area contributed by atoms with Crippen molar-refractivity contribution in [1.82, 2.24) is 4.98 Å². The smallest absolute Gasteiger partial charge is 0.101 e. The number of aromatic nitrogens is 1. The van der Waals surface area contributed by atoms with Crippen molar-refractivity contribution < 1.29 is 0 Å². The van der Waals surface area contributed by atoms with Crippen LogP contribution in [-0.4, -0.2) is 4.98 Å². The maximum atomic E-state index is 5.71. The number of nitrogens with zero attached hydrogens (tertiary/aromatic N) is 1. The van der Waals surface area contributed by atoms with E-state index in [2.05, 4.69) is 27.6 Å². The van der Waals surface area contributed by atoms with Crippen molar-refractivity contribution in [3.8, 4) is 0 Å². The normalized spacial score (nSPS) is 9.67. The molecule has 0 atom stereocenters. The fraction of sp³-hybridized carbons (Fsp3) is 0.167. The molecule has 3 heteroatoms. The molecule has 0 bridgehead atoms. The lowest BCUT2D eigenvalue weighted by atomic mass is 10.3. The fourth-order valence-electron chi connectivity index (χ4n) is 0.505. The minimum absolute atomic E-state index is 0.732. The molecule has 48 valence electrons. The molecule has 0 spiro atoms. The largest absolute Gasteiger partial charge is 0.249 e. The number of aryl methyl sites for hydroxylation is 1. The highest BCUT2D eigenvalue weighted by atomic mass is 127. The molecule has 0 aliphatic heterocycles. The highest BCUT2D eigenvalue weighted by Gasteiger charge is 1.93. The Balaban J connectivity index is 3.17.